The molecule has 1 aliphatic rings. The maximum absolute atomic E-state index is 13.3. The van der Waals surface area contributed by atoms with Gasteiger partial charge in [0.15, 0.2) is 0 Å². The zero-order chi connectivity index (χ0) is 20.1. The summed E-state index contributed by atoms with van der Waals surface area (Å²) in [7, 11) is 0. The zero-order valence-electron chi connectivity index (χ0n) is 16.1. The van der Waals surface area contributed by atoms with Gasteiger partial charge >= 0.3 is 6.18 Å². The summed E-state index contributed by atoms with van der Waals surface area (Å²) >= 11 is 0. The van der Waals surface area contributed by atoms with E-state index in [9.17, 15) is 18.0 Å². The molecule has 28 heavy (non-hydrogen) atoms. The summed E-state index contributed by atoms with van der Waals surface area (Å²) in [4.78, 5) is 18.7. The highest BCUT2D eigenvalue weighted by Gasteiger charge is 2.33. The van der Waals surface area contributed by atoms with Crippen LogP contribution < -0.4 is 0 Å². The van der Waals surface area contributed by atoms with E-state index in [2.05, 4.69) is 4.98 Å². The lowest BCUT2D eigenvalue weighted by Crippen LogP contribution is -2.41. The van der Waals surface area contributed by atoms with E-state index < -0.39 is 11.7 Å². The molecule has 7 heteroatoms. The molecule has 1 amide bonds. The van der Waals surface area contributed by atoms with Crippen LogP contribution >= 0.6 is 0 Å². The number of imidazole rings is 1. The minimum atomic E-state index is -4.40. The van der Waals surface area contributed by atoms with Crippen molar-refractivity contribution < 1.29 is 18.0 Å². The molecular weight excluding hydrogens is 367 g/mol. The molecule has 4 nitrogen and oxygen atoms in total. The zero-order valence-corrected chi connectivity index (χ0v) is 16.1. The van der Waals surface area contributed by atoms with Crippen molar-refractivity contribution in [1.29, 1.82) is 0 Å². The number of hydrogen-bond donors (Lipinski definition) is 0. The summed E-state index contributed by atoms with van der Waals surface area (Å²) in [6.45, 7) is 2.24. The van der Waals surface area contributed by atoms with E-state index in [4.69, 9.17) is 0 Å². The van der Waals surface area contributed by atoms with Gasteiger partial charge in [-0.2, -0.15) is 13.2 Å². The molecule has 1 aliphatic carbocycles. The fourth-order valence-electron chi connectivity index (χ4n) is 3.92. The number of rotatable bonds is 6. The Morgan fingerprint density at radius 3 is 2.61 bits per heavy atom. The number of alkyl halides is 3. The fraction of sp³-hybridized carbons (Fsp3) is 0.524. The topological polar surface area (TPSA) is 38.1 Å². The summed E-state index contributed by atoms with van der Waals surface area (Å²) in [6.07, 6.45) is 4.62. The first-order chi connectivity index (χ1) is 13.4. The molecule has 2 aromatic rings. The predicted octanol–water partition coefficient (Wildman–Crippen LogP) is 5.02. The Balaban J connectivity index is 1.82. The number of benzene rings is 1. The molecule has 0 radical (unpaired) electrons. The van der Waals surface area contributed by atoms with Crippen molar-refractivity contribution in [1.82, 2.24) is 14.5 Å². The summed E-state index contributed by atoms with van der Waals surface area (Å²) in [6, 6.07) is 5.78. The SMILES string of the molecule is CCC(=O)N(Cc1nccn1Cc1ccccc1C(F)(F)F)C1CCCCC1. The van der Waals surface area contributed by atoms with Crippen LogP contribution in [0.25, 0.3) is 0 Å². The Labute approximate surface area is 163 Å². The molecule has 0 N–H and O–H groups in total. The quantitative estimate of drug-likeness (QED) is 0.691. The first-order valence-corrected chi connectivity index (χ1v) is 9.84. The van der Waals surface area contributed by atoms with Crippen LogP contribution in [0.3, 0.4) is 0 Å². The van der Waals surface area contributed by atoms with Crippen LogP contribution in [0.4, 0.5) is 13.2 Å². The van der Waals surface area contributed by atoms with Gasteiger partial charge in [0, 0.05) is 31.4 Å². The first-order valence-electron chi connectivity index (χ1n) is 9.84. The fourth-order valence-corrected chi connectivity index (χ4v) is 3.92. The molecular formula is C21H26F3N3O. The van der Waals surface area contributed by atoms with Crippen LogP contribution in [-0.2, 0) is 24.1 Å². The molecule has 1 heterocycles. The summed E-state index contributed by atoms with van der Waals surface area (Å²) < 4.78 is 41.6. The van der Waals surface area contributed by atoms with Crippen molar-refractivity contribution in [3.63, 3.8) is 0 Å². The Morgan fingerprint density at radius 1 is 1.21 bits per heavy atom. The molecule has 3 rings (SSSR count). The molecule has 0 saturated heterocycles. The number of nitrogens with zero attached hydrogens (tertiary/aromatic N) is 3. The van der Waals surface area contributed by atoms with Gasteiger partial charge in [-0.05, 0) is 24.5 Å². The molecule has 0 atom stereocenters. The van der Waals surface area contributed by atoms with Crippen LogP contribution in [0.2, 0.25) is 0 Å². The average Bonchev–Trinajstić information content (AvgIpc) is 3.12. The molecule has 152 valence electrons. The molecule has 1 saturated carbocycles. The van der Waals surface area contributed by atoms with E-state index in [0.717, 1.165) is 31.7 Å². The van der Waals surface area contributed by atoms with Gasteiger partial charge in [-0.25, -0.2) is 4.98 Å². The van der Waals surface area contributed by atoms with Gasteiger partial charge in [0.1, 0.15) is 5.82 Å². The largest absolute Gasteiger partial charge is 0.416 e. The van der Waals surface area contributed by atoms with Gasteiger partial charge in [0.05, 0.1) is 12.1 Å². The van der Waals surface area contributed by atoms with Crippen molar-refractivity contribution in [2.75, 3.05) is 0 Å². The van der Waals surface area contributed by atoms with E-state index in [1.165, 1.54) is 18.6 Å². The minimum Gasteiger partial charge on any atom is -0.332 e. The lowest BCUT2D eigenvalue weighted by molar-refractivity contribution is -0.138. The molecule has 0 bridgehead atoms. The van der Waals surface area contributed by atoms with Crippen LogP contribution in [0.1, 0.15) is 62.4 Å². The minimum absolute atomic E-state index is 0.0668. The number of carbonyl (C=O) groups excluding carboxylic acids is 1. The predicted molar refractivity (Wildman–Crippen MR) is 100 cm³/mol. The van der Waals surface area contributed by atoms with Gasteiger partial charge in [-0.15, -0.1) is 0 Å². The van der Waals surface area contributed by atoms with Gasteiger partial charge < -0.3 is 9.47 Å². The molecule has 0 aliphatic heterocycles. The Morgan fingerprint density at radius 2 is 1.93 bits per heavy atom. The maximum atomic E-state index is 13.3. The van der Waals surface area contributed by atoms with Crippen molar-refractivity contribution in [3.8, 4) is 0 Å². The van der Waals surface area contributed by atoms with E-state index in [1.807, 2.05) is 11.8 Å². The normalized spacial score (nSPS) is 15.6. The summed E-state index contributed by atoms with van der Waals surface area (Å²) in [5.41, 5.74) is -0.441. The van der Waals surface area contributed by atoms with Crippen LogP contribution in [-0.4, -0.2) is 26.4 Å². The second-order valence-electron chi connectivity index (χ2n) is 7.29. The van der Waals surface area contributed by atoms with Gasteiger partial charge in [0.2, 0.25) is 5.91 Å². The smallest absolute Gasteiger partial charge is 0.332 e. The highest BCUT2D eigenvalue weighted by molar-refractivity contribution is 5.76. The van der Waals surface area contributed by atoms with Crippen molar-refractivity contribution >= 4 is 5.91 Å². The second-order valence-corrected chi connectivity index (χ2v) is 7.29. The Kier molecular flexibility index (Phi) is 6.42. The highest BCUT2D eigenvalue weighted by atomic mass is 19.4. The number of halogens is 3. The van der Waals surface area contributed by atoms with Gasteiger partial charge in [-0.1, -0.05) is 44.4 Å². The number of aromatic nitrogens is 2. The van der Waals surface area contributed by atoms with E-state index in [0.29, 0.717) is 18.8 Å². The summed E-state index contributed by atoms with van der Waals surface area (Å²) in [5, 5.41) is 0. The second kappa shape index (κ2) is 8.80. The van der Waals surface area contributed by atoms with Crippen LogP contribution in [0.5, 0.6) is 0 Å². The van der Waals surface area contributed by atoms with Crippen molar-refractivity contribution in [3.05, 3.63) is 53.6 Å². The maximum Gasteiger partial charge on any atom is 0.416 e. The number of carbonyl (C=O) groups is 1. The third-order valence-electron chi connectivity index (χ3n) is 5.42. The number of hydrogen-bond acceptors (Lipinski definition) is 2. The lowest BCUT2D eigenvalue weighted by Gasteiger charge is -2.34. The van der Waals surface area contributed by atoms with Crippen LogP contribution in [0, 0.1) is 0 Å². The number of amides is 1. The van der Waals surface area contributed by atoms with Crippen molar-refractivity contribution in [2.24, 2.45) is 0 Å². The van der Waals surface area contributed by atoms with E-state index in [-0.39, 0.29) is 24.1 Å². The molecule has 1 fully saturated rings. The van der Waals surface area contributed by atoms with Crippen LogP contribution in [0.15, 0.2) is 36.7 Å². The molecule has 0 unspecified atom stereocenters. The third-order valence-corrected chi connectivity index (χ3v) is 5.42. The first kappa shape index (κ1) is 20.4. The molecule has 1 aromatic carbocycles. The molecule has 0 spiro atoms. The average molecular weight is 393 g/mol. The third kappa shape index (κ3) is 4.75. The van der Waals surface area contributed by atoms with E-state index in [1.54, 1.807) is 23.0 Å². The monoisotopic (exact) mass is 393 g/mol. The van der Waals surface area contributed by atoms with Crippen molar-refractivity contribution in [2.45, 2.75) is 70.8 Å². The Hall–Kier alpha value is -2.31. The summed E-state index contributed by atoms with van der Waals surface area (Å²) in [5.74, 6) is 0.682. The van der Waals surface area contributed by atoms with Gasteiger partial charge in [-0.3, -0.25) is 4.79 Å². The van der Waals surface area contributed by atoms with E-state index >= 15 is 0 Å². The van der Waals surface area contributed by atoms with Gasteiger partial charge in [0.25, 0.3) is 0 Å². The standard InChI is InChI=1S/C21H26F3N3O/c1-2-20(28)27(17-9-4-3-5-10-17)15-19-25-12-13-26(19)14-16-8-6-7-11-18(16)21(22,23)24/h6-8,11-13,17H,2-5,9-10,14-15H2,1H3. The highest BCUT2D eigenvalue weighted by Crippen LogP contribution is 2.32. The Bertz CT molecular complexity index is 794. The molecule has 1 aromatic heterocycles. The lowest BCUT2D eigenvalue weighted by atomic mass is 9.94.